The summed E-state index contributed by atoms with van der Waals surface area (Å²) in [5.74, 6) is 0. The lowest BCUT2D eigenvalue weighted by molar-refractivity contribution is 0.347. The predicted octanol–water partition coefficient (Wildman–Crippen LogP) is 1.33. The second kappa shape index (κ2) is 5.52. The van der Waals surface area contributed by atoms with E-state index in [1.165, 1.54) is 5.56 Å². The maximum atomic E-state index is 4.24. The highest BCUT2D eigenvalue weighted by atomic mass is 15.4. The van der Waals surface area contributed by atoms with Crippen molar-refractivity contribution in [3.8, 4) is 0 Å². The van der Waals surface area contributed by atoms with Crippen molar-refractivity contribution in [1.82, 2.24) is 30.1 Å². The molecule has 19 heavy (non-hydrogen) atoms. The van der Waals surface area contributed by atoms with E-state index >= 15 is 0 Å². The van der Waals surface area contributed by atoms with Crippen LogP contribution in [0.1, 0.15) is 32.0 Å². The molecule has 0 unspecified atom stereocenters. The van der Waals surface area contributed by atoms with E-state index in [1.54, 1.807) is 0 Å². The van der Waals surface area contributed by atoms with Crippen molar-refractivity contribution in [1.29, 1.82) is 0 Å². The lowest BCUT2D eigenvalue weighted by atomic mass is 10.1. The molecule has 1 N–H and O–H groups in total. The molecule has 0 saturated heterocycles. The zero-order valence-corrected chi connectivity index (χ0v) is 12.1. The van der Waals surface area contributed by atoms with Crippen molar-refractivity contribution in [2.45, 2.75) is 46.3 Å². The van der Waals surface area contributed by atoms with Gasteiger partial charge < -0.3 is 5.32 Å². The second-order valence-corrected chi connectivity index (χ2v) is 5.78. The minimum atomic E-state index is -0.0160. The number of aromatic nitrogens is 5. The van der Waals surface area contributed by atoms with E-state index in [4.69, 9.17) is 0 Å². The van der Waals surface area contributed by atoms with Gasteiger partial charge in [-0.05, 0) is 33.3 Å². The van der Waals surface area contributed by atoms with E-state index in [9.17, 15) is 0 Å². The largest absolute Gasteiger partial charge is 0.309 e. The quantitative estimate of drug-likeness (QED) is 0.826. The molecule has 0 amide bonds. The number of nitrogens with one attached hydrogen (secondary N) is 1. The fourth-order valence-corrected chi connectivity index (χ4v) is 1.71. The Balaban J connectivity index is 1.75. The van der Waals surface area contributed by atoms with Gasteiger partial charge in [-0.25, -0.2) is 4.68 Å². The van der Waals surface area contributed by atoms with Gasteiger partial charge in [0, 0.05) is 19.3 Å². The van der Waals surface area contributed by atoms with E-state index in [-0.39, 0.29) is 5.54 Å². The predicted molar refractivity (Wildman–Crippen MR) is 73.7 cm³/mol. The Morgan fingerprint density at radius 1 is 1.26 bits per heavy atom. The maximum absolute atomic E-state index is 4.24. The third-order valence-electron chi connectivity index (χ3n) is 2.81. The second-order valence-electron chi connectivity index (χ2n) is 5.78. The average Bonchev–Trinajstić information content (AvgIpc) is 2.93. The van der Waals surface area contributed by atoms with Crippen LogP contribution in [-0.4, -0.2) is 31.3 Å². The molecule has 6 nitrogen and oxygen atoms in total. The van der Waals surface area contributed by atoms with Crippen molar-refractivity contribution in [3.63, 3.8) is 0 Å². The van der Waals surface area contributed by atoms with Crippen molar-refractivity contribution < 1.29 is 0 Å². The van der Waals surface area contributed by atoms with E-state index in [1.807, 2.05) is 34.9 Å². The van der Waals surface area contributed by atoms with E-state index in [2.05, 4.69) is 41.5 Å². The summed E-state index contributed by atoms with van der Waals surface area (Å²) in [7, 11) is 0. The zero-order chi connectivity index (χ0) is 13.9. The Labute approximate surface area is 113 Å². The molecule has 0 aromatic carbocycles. The summed E-state index contributed by atoms with van der Waals surface area (Å²) < 4.78 is 3.83. The first-order valence-corrected chi connectivity index (χ1v) is 6.56. The van der Waals surface area contributed by atoms with Crippen LogP contribution in [0, 0.1) is 6.92 Å². The molecule has 0 bridgehead atoms. The Morgan fingerprint density at radius 3 is 2.63 bits per heavy atom. The molecule has 2 heterocycles. The Kier molecular flexibility index (Phi) is 3.99. The van der Waals surface area contributed by atoms with Crippen LogP contribution in [0.15, 0.2) is 18.6 Å². The van der Waals surface area contributed by atoms with Crippen molar-refractivity contribution >= 4 is 0 Å². The minimum Gasteiger partial charge on any atom is -0.309 e. The highest BCUT2D eigenvalue weighted by Gasteiger charge is 2.14. The molecule has 0 aliphatic rings. The molecule has 0 fully saturated rings. The monoisotopic (exact) mass is 262 g/mol. The molecule has 0 radical (unpaired) electrons. The topological polar surface area (TPSA) is 60.6 Å². The fraction of sp³-hybridized carbons (Fsp3) is 0.615. The van der Waals surface area contributed by atoms with Gasteiger partial charge in [0.1, 0.15) is 0 Å². The normalized spacial score (nSPS) is 12.0. The lowest BCUT2D eigenvalue weighted by Crippen LogP contribution is -2.22. The van der Waals surface area contributed by atoms with Gasteiger partial charge >= 0.3 is 0 Å². The molecule has 0 aliphatic heterocycles. The van der Waals surface area contributed by atoms with Crippen molar-refractivity contribution in [2.75, 3.05) is 6.54 Å². The smallest absolute Gasteiger partial charge is 0.0965 e. The summed E-state index contributed by atoms with van der Waals surface area (Å²) in [5.41, 5.74) is 2.14. The number of hydrogen-bond donors (Lipinski definition) is 1. The fourth-order valence-electron chi connectivity index (χ4n) is 1.71. The third-order valence-corrected chi connectivity index (χ3v) is 2.81. The van der Waals surface area contributed by atoms with Crippen LogP contribution in [0.5, 0.6) is 0 Å². The molecule has 2 aromatic heterocycles. The molecule has 0 saturated carbocycles. The van der Waals surface area contributed by atoms with Crippen LogP contribution < -0.4 is 5.32 Å². The number of hydrogen-bond acceptors (Lipinski definition) is 4. The first-order valence-electron chi connectivity index (χ1n) is 6.56. The van der Waals surface area contributed by atoms with Crippen LogP contribution in [0.25, 0.3) is 0 Å². The molecule has 0 aliphatic carbocycles. The summed E-state index contributed by atoms with van der Waals surface area (Å²) in [5, 5.41) is 15.9. The summed E-state index contributed by atoms with van der Waals surface area (Å²) in [6.07, 6.45) is 5.90. The van der Waals surface area contributed by atoms with Gasteiger partial charge in [0.05, 0.1) is 30.2 Å². The number of aryl methyl sites for hydroxylation is 1. The van der Waals surface area contributed by atoms with Gasteiger partial charge in [0.25, 0.3) is 0 Å². The SMILES string of the molecule is Cc1cnn(CCNCc2cn(C(C)(C)C)nn2)c1. The van der Waals surface area contributed by atoms with Gasteiger partial charge in [-0.1, -0.05) is 5.21 Å². The average molecular weight is 262 g/mol. The van der Waals surface area contributed by atoms with E-state index in [0.717, 1.165) is 25.3 Å². The van der Waals surface area contributed by atoms with Gasteiger partial charge in [0.2, 0.25) is 0 Å². The van der Waals surface area contributed by atoms with E-state index in [0.29, 0.717) is 0 Å². The molecule has 6 heteroatoms. The summed E-state index contributed by atoms with van der Waals surface area (Å²) >= 11 is 0. The summed E-state index contributed by atoms with van der Waals surface area (Å²) in [6, 6.07) is 0. The van der Waals surface area contributed by atoms with Crippen LogP contribution in [0.3, 0.4) is 0 Å². The highest BCUT2D eigenvalue weighted by Crippen LogP contribution is 2.11. The van der Waals surface area contributed by atoms with Crippen molar-refractivity contribution in [2.24, 2.45) is 0 Å². The standard InChI is InChI=1S/C13H22N6/c1-11-7-15-18(9-11)6-5-14-8-12-10-19(17-16-12)13(2,3)4/h7,9-10,14H,5-6,8H2,1-4H3. The molecule has 0 spiro atoms. The van der Waals surface area contributed by atoms with Crippen LogP contribution in [0.4, 0.5) is 0 Å². The lowest BCUT2D eigenvalue weighted by Gasteiger charge is -2.17. The molecule has 0 atom stereocenters. The van der Waals surface area contributed by atoms with Crippen LogP contribution >= 0.6 is 0 Å². The highest BCUT2D eigenvalue weighted by molar-refractivity contribution is 4.99. The van der Waals surface area contributed by atoms with Crippen LogP contribution in [0.2, 0.25) is 0 Å². The number of rotatable bonds is 5. The van der Waals surface area contributed by atoms with Crippen LogP contribution in [-0.2, 0) is 18.6 Å². The van der Waals surface area contributed by atoms with Crippen molar-refractivity contribution in [3.05, 3.63) is 29.8 Å². The number of nitrogens with zero attached hydrogens (tertiary/aromatic N) is 5. The van der Waals surface area contributed by atoms with Gasteiger partial charge in [-0.15, -0.1) is 5.10 Å². The molecule has 2 rings (SSSR count). The molecule has 2 aromatic rings. The molecule has 104 valence electrons. The Bertz CT molecular complexity index is 519. The first kappa shape index (κ1) is 13.7. The van der Waals surface area contributed by atoms with E-state index < -0.39 is 0 Å². The van der Waals surface area contributed by atoms with Gasteiger partial charge in [0.15, 0.2) is 0 Å². The first-order chi connectivity index (χ1) is 8.95. The molecular formula is C13H22N6. The van der Waals surface area contributed by atoms with Gasteiger partial charge in [-0.3, -0.25) is 4.68 Å². The summed E-state index contributed by atoms with van der Waals surface area (Å²) in [6.45, 7) is 10.8. The third kappa shape index (κ3) is 3.89. The zero-order valence-electron chi connectivity index (χ0n) is 12.1. The minimum absolute atomic E-state index is 0.0160. The summed E-state index contributed by atoms with van der Waals surface area (Å²) in [4.78, 5) is 0. The Morgan fingerprint density at radius 2 is 2.05 bits per heavy atom. The van der Waals surface area contributed by atoms with Gasteiger partial charge in [-0.2, -0.15) is 5.10 Å². The maximum Gasteiger partial charge on any atom is 0.0965 e. The Hall–Kier alpha value is -1.69. The molecular weight excluding hydrogens is 240 g/mol.